The zero-order valence-corrected chi connectivity index (χ0v) is 15.5. The summed E-state index contributed by atoms with van der Waals surface area (Å²) in [6.45, 7) is 5.34. The molecular weight excluding hydrogens is 302 g/mol. The Morgan fingerprint density at radius 1 is 1.04 bits per heavy atom. The molecule has 5 nitrogen and oxygen atoms in total. The Hall–Kier alpha value is -0.810. The molecule has 2 rings (SSSR count). The normalized spacial score (nSPS) is 22.2. The van der Waals surface area contributed by atoms with Gasteiger partial charge in [0.15, 0.2) is 5.96 Å². The summed E-state index contributed by atoms with van der Waals surface area (Å²) >= 11 is 0. The van der Waals surface area contributed by atoms with Crippen LogP contribution in [0.2, 0.25) is 0 Å². The Morgan fingerprint density at radius 2 is 1.83 bits per heavy atom. The first-order valence-corrected chi connectivity index (χ1v) is 9.98. The molecule has 0 bridgehead atoms. The first-order valence-electron chi connectivity index (χ1n) is 9.98. The summed E-state index contributed by atoms with van der Waals surface area (Å²) in [6, 6.07) is 0. The highest BCUT2D eigenvalue weighted by molar-refractivity contribution is 5.79. The summed E-state index contributed by atoms with van der Waals surface area (Å²) < 4.78 is 11.1. The fourth-order valence-electron chi connectivity index (χ4n) is 3.63. The molecule has 1 unspecified atom stereocenters. The molecule has 5 heteroatoms. The van der Waals surface area contributed by atoms with Crippen LogP contribution in [0.5, 0.6) is 0 Å². The molecule has 1 aliphatic heterocycles. The summed E-state index contributed by atoms with van der Waals surface area (Å²) in [4.78, 5) is 4.28. The molecule has 0 aromatic carbocycles. The second kappa shape index (κ2) is 12.5. The van der Waals surface area contributed by atoms with Gasteiger partial charge in [0, 0.05) is 39.3 Å². The maximum Gasteiger partial charge on any atom is 0.190 e. The zero-order chi connectivity index (χ0) is 16.9. The Kier molecular flexibility index (Phi) is 10.2. The number of nitrogens with one attached hydrogen (secondary N) is 2. The molecule has 1 saturated heterocycles. The van der Waals surface area contributed by atoms with Crippen molar-refractivity contribution < 1.29 is 9.47 Å². The van der Waals surface area contributed by atoms with Gasteiger partial charge >= 0.3 is 0 Å². The van der Waals surface area contributed by atoms with E-state index < -0.39 is 0 Å². The van der Waals surface area contributed by atoms with E-state index in [-0.39, 0.29) is 0 Å². The Bertz CT molecular complexity index is 338. The van der Waals surface area contributed by atoms with E-state index in [9.17, 15) is 0 Å². The zero-order valence-electron chi connectivity index (χ0n) is 15.5. The molecule has 0 aromatic heterocycles. The second-order valence-corrected chi connectivity index (χ2v) is 7.23. The van der Waals surface area contributed by atoms with E-state index in [1.807, 2.05) is 7.05 Å². The molecule has 2 N–H and O–H groups in total. The maximum atomic E-state index is 5.71. The van der Waals surface area contributed by atoms with Gasteiger partial charge in [-0.25, -0.2) is 0 Å². The topological polar surface area (TPSA) is 54.9 Å². The second-order valence-electron chi connectivity index (χ2n) is 7.23. The molecule has 1 saturated carbocycles. The Labute approximate surface area is 148 Å². The van der Waals surface area contributed by atoms with Crippen LogP contribution in [0.4, 0.5) is 0 Å². The summed E-state index contributed by atoms with van der Waals surface area (Å²) in [7, 11) is 1.84. The standard InChI is InChI=1S/C19H37N3O2/c1-20-19(21-11-5-4-9-17-7-2-3-8-17)22-12-6-13-23-15-18-10-14-24-16-18/h17-18H,2-16H2,1H3,(H2,20,21,22). The van der Waals surface area contributed by atoms with Crippen LogP contribution in [0, 0.1) is 11.8 Å². The van der Waals surface area contributed by atoms with Gasteiger partial charge in [-0.15, -0.1) is 0 Å². The largest absolute Gasteiger partial charge is 0.381 e. The van der Waals surface area contributed by atoms with Gasteiger partial charge in [0.2, 0.25) is 0 Å². The number of rotatable bonds is 11. The quantitative estimate of drug-likeness (QED) is 0.345. The molecule has 2 fully saturated rings. The van der Waals surface area contributed by atoms with Crippen molar-refractivity contribution in [3.63, 3.8) is 0 Å². The molecule has 24 heavy (non-hydrogen) atoms. The smallest absolute Gasteiger partial charge is 0.190 e. The molecule has 1 aliphatic carbocycles. The van der Waals surface area contributed by atoms with Gasteiger partial charge in [-0.05, 0) is 25.2 Å². The molecular formula is C19H37N3O2. The Morgan fingerprint density at radius 3 is 2.54 bits per heavy atom. The highest BCUT2D eigenvalue weighted by atomic mass is 16.5. The van der Waals surface area contributed by atoms with Gasteiger partial charge in [0.05, 0.1) is 13.2 Å². The van der Waals surface area contributed by atoms with Crippen molar-refractivity contribution in [2.45, 2.75) is 57.8 Å². The van der Waals surface area contributed by atoms with Gasteiger partial charge in [-0.1, -0.05) is 38.5 Å². The predicted octanol–water partition coefficient (Wildman–Crippen LogP) is 2.96. The summed E-state index contributed by atoms with van der Waals surface area (Å²) in [5.41, 5.74) is 0. The number of ether oxygens (including phenoxy) is 2. The average molecular weight is 340 g/mol. The molecule has 0 aromatic rings. The predicted molar refractivity (Wildman–Crippen MR) is 99.5 cm³/mol. The monoisotopic (exact) mass is 339 g/mol. The minimum Gasteiger partial charge on any atom is -0.381 e. The van der Waals surface area contributed by atoms with Crippen molar-refractivity contribution in [2.75, 3.05) is 46.6 Å². The van der Waals surface area contributed by atoms with E-state index in [0.717, 1.165) is 64.2 Å². The van der Waals surface area contributed by atoms with Crippen LogP contribution < -0.4 is 10.6 Å². The highest BCUT2D eigenvalue weighted by Gasteiger charge is 2.15. The van der Waals surface area contributed by atoms with Crippen LogP contribution in [-0.2, 0) is 9.47 Å². The van der Waals surface area contributed by atoms with E-state index in [4.69, 9.17) is 9.47 Å². The molecule has 1 heterocycles. The summed E-state index contributed by atoms with van der Waals surface area (Å²) in [5.74, 6) is 2.54. The van der Waals surface area contributed by atoms with Crippen molar-refractivity contribution in [1.82, 2.24) is 10.6 Å². The first-order chi connectivity index (χ1) is 11.9. The van der Waals surface area contributed by atoms with Crippen LogP contribution in [0.15, 0.2) is 4.99 Å². The molecule has 140 valence electrons. The number of nitrogens with zero attached hydrogens (tertiary/aromatic N) is 1. The lowest BCUT2D eigenvalue weighted by molar-refractivity contribution is 0.0888. The first kappa shape index (κ1) is 19.5. The fraction of sp³-hybridized carbons (Fsp3) is 0.947. The van der Waals surface area contributed by atoms with Gasteiger partial charge in [-0.2, -0.15) is 0 Å². The molecule has 1 atom stereocenters. The fourth-order valence-corrected chi connectivity index (χ4v) is 3.63. The SMILES string of the molecule is CN=C(NCCCCC1CCCC1)NCCCOCC1CCOC1. The van der Waals surface area contributed by atoms with Crippen LogP contribution >= 0.6 is 0 Å². The van der Waals surface area contributed by atoms with Crippen molar-refractivity contribution >= 4 is 5.96 Å². The number of aliphatic imine (C=N–C) groups is 1. The van der Waals surface area contributed by atoms with Crippen molar-refractivity contribution in [2.24, 2.45) is 16.8 Å². The van der Waals surface area contributed by atoms with Crippen molar-refractivity contribution in [1.29, 1.82) is 0 Å². The molecule has 0 spiro atoms. The van der Waals surface area contributed by atoms with Crippen molar-refractivity contribution in [3.8, 4) is 0 Å². The number of unbranched alkanes of at least 4 members (excludes halogenated alkanes) is 1. The van der Waals surface area contributed by atoms with Crippen LogP contribution in [0.3, 0.4) is 0 Å². The molecule has 0 amide bonds. The van der Waals surface area contributed by atoms with Gasteiger partial charge < -0.3 is 20.1 Å². The van der Waals surface area contributed by atoms with Crippen LogP contribution in [0.1, 0.15) is 57.8 Å². The van der Waals surface area contributed by atoms with E-state index in [1.54, 1.807) is 0 Å². The Balaban J connectivity index is 1.38. The third-order valence-corrected chi connectivity index (χ3v) is 5.17. The number of guanidine groups is 1. The van der Waals surface area contributed by atoms with Crippen LogP contribution in [0.25, 0.3) is 0 Å². The summed E-state index contributed by atoms with van der Waals surface area (Å²) in [6.07, 6.45) is 12.0. The van der Waals surface area contributed by atoms with Gasteiger partial charge in [0.1, 0.15) is 0 Å². The lowest BCUT2D eigenvalue weighted by atomic mass is 10.0. The van der Waals surface area contributed by atoms with E-state index >= 15 is 0 Å². The third kappa shape index (κ3) is 8.34. The number of hydrogen-bond acceptors (Lipinski definition) is 3. The van der Waals surface area contributed by atoms with Crippen LogP contribution in [-0.4, -0.2) is 52.5 Å². The minimum absolute atomic E-state index is 0.608. The summed E-state index contributed by atoms with van der Waals surface area (Å²) in [5, 5.41) is 6.78. The molecule has 2 aliphatic rings. The van der Waals surface area contributed by atoms with E-state index in [0.29, 0.717) is 5.92 Å². The van der Waals surface area contributed by atoms with E-state index in [2.05, 4.69) is 15.6 Å². The highest BCUT2D eigenvalue weighted by Crippen LogP contribution is 2.28. The van der Waals surface area contributed by atoms with Crippen molar-refractivity contribution in [3.05, 3.63) is 0 Å². The average Bonchev–Trinajstić information content (AvgIpc) is 3.29. The lowest BCUT2D eigenvalue weighted by Crippen LogP contribution is -2.38. The van der Waals surface area contributed by atoms with E-state index in [1.165, 1.54) is 44.9 Å². The van der Waals surface area contributed by atoms with Gasteiger partial charge in [-0.3, -0.25) is 4.99 Å². The van der Waals surface area contributed by atoms with Gasteiger partial charge in [0.25, 0.3) is 0 Å². The third-order valence-electron chi connectivity index (χ3n) is 5.17. The minimum atomic E-state index is 0.608. The number of hydrogen-bond donors (Lipinski definition) is 2. The lowest BCUT2D eigenvalue weighted by Gasteiger charge is -2.13. The maximum absolute atomic E-state index is 5.71. The molecule has 0 radical (unpaired) electrons.